The van der Waals surface area contributed by atoms with Crippen molar-refractivity contribution in [3.63, 3.8) is 0 Å². The summed E-state index contributed by atoms with van der Waals surface area (Å²) in [6.07, 6.45) is 7.79. The van der Waals surface area contributed by atoms with Gasteiger partial charge in [0, 0.05) is 116 Å². The van der Waals surface area contributed by atoms with Crippen LogP contribution >= 0.6 is 11.8 Å². The van der Waals surface area contributed by atoms with Crippen molar-refractivity contribution < 1.29 is 62.9 Å². The molecule has 0 radical (unpaired) electrons. The van der Waals surface area contributed by atoms with Crippen LogP contribution in [0.25, 0.3) is 10.8 Å². The lowest BCUT2D eigenvalue weighted by Gasteiger charge is -2.27. The third kappa shape index (κ3) is 28.3. The number of carboxylic acids is 3. The molecular weight excluding hydrogens is 1650 g/mol. The first-order valence-corrected chi connectivity index (χ1v) is 45.4. The molecule has 1 aliphatic heterocycles. The summed E-state index contributed by atoms with van der Waals surface area (Å²) in [5.41, 5.74) is 40.6. The van der Waals surface area contributed by atoms with Crippen LogP contribution in [0.1, 0.15) is 137 Å². The van der Waals surface area contributed by atoms with Gasteiger partial charge < -0.3 is 65.7 Å². The van der Waals surface area contributed by atoms with E-state index in [4.69, 9.17) is 50.4 Å². The Morgan fingerprint density at radius 1 is 0.385 bits per heavy atom. The highest BCUT2D eigenvalue weighted by molar-refractivity contribution is 7.99. The first-order valence-electron chi connectivity index (χ1n) is 44.4. The Kier molecular flexibility index (Phi) is 34.6. The van der Waals surface area contributed by atoms with Gasteiger partial charge in [-0.05, 0) is 166 Å². The lowest BCUT2D eigenvalue weighted by molar-refractivity contribution is -0.139. The third-order valence-electron chi connectivity index (χ3n) is 23.1. The van der Waals surface area contributed by atoms with E-state index < -0.39 is 36.0 Å². The summed E-state index contributed by atoms with van der Waals surface area (Å²) >= 11 is 1.65. The fourth-order valence-electron chi connectivity index (χ4n) is 16.2. The Bertz CT molecular complexity index is 5920. The predicted molar refractivity (Wildman–Crippen MR) is 513 cm³/mol. The van der Waals surface area contributed by atoms with E-state index in [1.54, 1.807) is 18.0 Å². The van der Waals surface area contributed by atoms with Crippen LogP contribution in [0, 0.1) is 41.5 Å². The van der Waals surface area contributed by atoms with Gasteiger partial charge in [0.15, 0.2) is 0 Å². The third-order valence-corrected chi connectivity index (χ3v) is 24.0. The van der Waals surface area contributed by atoms with Crippen molar-refractivity contribution in [3.05, 3.63) is 385 Å². The number of para-hydroxylation sites is 3. The van der Waals surface area contributed by atoms with Crippen molar-refractivity contribution in [1.82, 2.24) is 19.7 Å². The maximum atomic E-state index is 11.6. The van der Waals surface area contributed by atoms with Gasteiger partial charge in [-0.25, -0.2) is 0 Å². The van der Waals surface area contributed by atoms with Crippen molar-refractivity contribution in [2.75, 3.05) is 25.6 Å². The number of nitrogens with two attached hydrogens (primary N) is 3. The van der Waals surface area contributed by atoms with Crippen LogP contribution in [0.3, 0.4) is 0 Å². The molecule has 0 amide bonds. The number of aromatic nitrogens is 1. The van der Waals surface area contributed by atoms with Gasteiger partial charge in [0.05, 0.1) is 4.90 Å². The molecule has 15 rings (SSSR count). The summed E-state index contributed by atoms with van der Waals surface area (Å²) in [7, 11) is 0. The van der Waals surface area contributed by atoms with Gasteiger partial charge in [-0.15, -0.1) is 0 Å². The lowest BCUT2D eigenvalue weighted by atomic mass is 10.0. The molecule has 13 aromatic rings. The number of ether oxygens (including phenoxy) is 7. The number of aliphatic carboxylic acids is 3. The van der Waals surface area contributed by atoms with Gasteiger partial charge in [0.25, 0.3) is 0 Å². The van der Waals surface area contributed by atoms with E-state index in [-0.39, 0.29) is 0 Å². The highest BCUT2D eigenvalue weighted by Gasteiger charge is 2.27. The maximum absolute atomic E-state index is 11.6. The first kappa shape index (κ1) is 94.8. The second-order valence-electron chi connectivity index (χ2n) is 33.8. The number of hydrogen-bond donors (Lipinski definition) is 6. The molecule has 21 heteroatoms. The second-order valence-corrected chi connectivity index (χ2v) is 34.8. The minimum absolute atomic E-state index is 0.302. The quantitative estimate of drug-likeness (QED) is 0.0207. The summed E-state index contributed by atoms with van der Waals surface area (Å²) in [5, 5.41) is 30.4. The van der Waals surface area contributed by atoms with E-state index in [1.165, 1.54) is 50.1 Å². The minimum atomic E-state index is -1.01. The smallest absolute Gasteiger partial charge is 0.320 e. The monoisotopic (exact) mass is 1770 g/mol. The SMILES string of the molecule is Cc1cccc(COc2ccccc2CN(CC[C@H](N)C(=O)O)Cc2c(OCc3cccc(C)c3)ccc3c2CCC3)c1.Cc1cccc(COc2ccccc2CN(CC[C@H](N)C(=O)O)Cc2cc3c(cc2OCc2cccc(C)c2)OCS3)c1.Cc1cccc(COc2ccccc2CN(CC[C@H](N)C(=O)O)Cc2ccc3ccncc3c2OCc2cccc(C)c2)c1. The summed E-state index contributed by atoms with van der Waals surface area (Å²) in [4.78, 5) is 46.9. The van der Waals surface area contributed by atoms with Crippen molar-refractivity contribution in [2.45, 2.75) is 182 Å². The molecule has 3 atom stereocenters. The molecule has 9 N–H and O–H groups in total. The Hall–Kier alpha value is -12.8. The lowest BCUT2D eigenvalue weighted by Crippen LogP contribution is -2.35. The number of rotatable bonds is 42. The summed E-state index contributed by atoms with van der Waals surface area (Å²) < 4.78 is 44.1. The molecule has 20 nitrogen and oxygen atoms in total. The highest BCUT2D eigenvalue weighted by atomic mass is 32.2. The standard InChI is InChI=1S/C37H39N3O4.C37H42N2O4.C35H38N2O5S/c1-26-7-5-9-28(19-26)24-43-35-12-4-3-11-31(35)22-40(18-16-34(38)37(41)42)23-32-14-13-30-15-17-39-21-33(30)36(32)44-25-29-10-6-8-27(2)20-29;1-26-8-5-10-28(20-26)24-42-35-15-4-3-12-31(35)22-39(19-18-34(38)37(40)41)23-33-32-14-7-13-30(32)16-17-36(33)43-25-29-11-6-9-27(2)21-29;1-24-7-5-9-26(15-24)21-40-31-12-4-3-11-28(31)19-37(14-13-30(36)35(38)39)20-29-17-34-33(42-23-43-34)18-32(29)41-22-27-10-6-8-25(2)16-27/h3-15,17,19-21,34H,16,18,22-25,38H2,1-2H3,(H,41,42);3-6,8-12,15-17,20-21,34H,7,13-14,18-19,22-25,38H2,1-2H3,(H,40,41);3-12,15-18,30H,13-14,19-23,36H2,1-2H3,(H,38,39)/t2*34-;30-/m000/s1. The topological polar surface area (TPSA) is 277 Å². The average Bonchev–Trinajstić information content (AvgIpc) is 1.29. The molecule has 1 aromatic heterocycles. The van der Waals surface area contributed by atoms with Crippen LogP contribution in [0.2, 0.25) is 0 Å². The van der Waals surface area contributed by atoms with Gasteiger partial charge in [0.2, 0.25) is 0 Å². The molecule has 130 heavy (non-hydrogen) atoms. The van der Waals surface area contributed by atoms with Gasteiger partial charge in [0.1, 0.15) is 104 Å². The Morgan fingerprint density at radius 2 is 0.762 bits per heavy atom. The van der Waals surface area contributed by atoms with Crippen molar-refractivity contribution in [3.8, 4) is 40.2 Å². The Morgan fingerprint density at radius 3 is 1.18 bits per heavy atom. The number of benzene rings is 12. The van der Waals surface area contributed by atoms with Crippen LogP contribution in [-0.2, 0) is 106 Å². The van der Waals surface area contributed by atoms with Gasteiger partial charge in [-0.1, -0.05) is 264 Å². The largest absolute Gasteiger partial charge is 0.489 e. The van der Waals surface area contributed by atoms with Crippen LogP contribution in [0.15, 0.2) is 278 Å². The maximum Gasteiger partial charge on any atom is 0.320 e. The predicted octanol–water partition coefficient (Wildman–Crippen LogP) is 20.3. The number of carbonyl (C=O) groups is 3. The molecule has 1 aliphatic carbocycles. The molecule has 0 spiro atoms. The molecular formula is C109H119N7O13S. The van der Waals surface area contributed by atoms with E-state index in [0.29, 0.717) is 124 Å². The van der Waals surface area contributed by atoms with Crippen molar-refractivity contribution in [2.24, 2.45) is 17.2 Å². The highest BCUT2D eigenvalue weighted by Crippen LogP contribution is 2.43. The van der Waals surface area contributed by atoms with Crippen LogP contribution in [0.4, 0.5) is 0 Å². The molecule has 674 valence electrons. The first-order chi connectivity index (χ1) is 63.0. The van der Waals surface area contributed by atoms with Gasteiger partial charge >= 0.3 is 17.9 Å². The zero-order chi connectivity index (χ0) is 91.3. The fourth-order valence-corrected chi connectivity index (χ4v) is 17.0. The summed E-state index contributed by atoms with van der Waals surface area (Å²) in [5.74, 6) is 3.22. The van der Waals surface area contributed by atoms with Crippen molar-refractivity contribution in [1.29, 1.82) is 0 Å². The van der Waals surface area contributed by atoms with E-state index in [9.17, 15) is 29.7 Å². The number of aryl methyl sites for hydroxylation is 7. The van der Waals surface area contributed by atoms with Gasteiger partial charge in [-0.2, -0.15) is 0 Å². The zero-order valence-electron chi connectivity index (χ0n) is 75.1. The molecule has 12 aromatic carbocycles. The molecule has 0 fully saturated rings. The average molecular weight is 1770 g/mol. The van der Waals surface area contributed by atoms with Crippen molar-refractivity contribution >= 4 is 40.4 Å². The number of fused-ring (bicyclic) bond motifs is 3. The molecule has 0 saturated carbocycles. The summed E-state index contributed by atoms with van der Waals surface area (Å²) in [6, 6.07) is 85.6. The number of thioether (sulfide) groups is 1. The molecule has 0 saturated heterocycles. The van der Waals surface area contributed by atoms with Crippen LogP contribution < -0.4 is 50.4 Å². The number of hydrogen-bond acceptors (Lipinski definition) is 18. The van der Waals surface area contributed by atoms with E-state index in [2.05, 4.69) is 225 Å². The molecule has 0 unspecified atom stereocenters. The summed E-state index contributed by atoms with van der Waals surface area (Å²) in [6.45, 7) is 20.0. The number of nitrogens with zero attached hydrogens (tertiary/aromatic N) is 4. The Balaban J connectivity index is 0.000000166. The Labute approximate surface area is 767 Å². The van der Waals surface area contributed by atoms with E-state index in [1.807, 2.05) is 103 Å². The molecule has 2 heterocycles. The minimum Gasteiger partial charge on any atom is -0.489 e. The fraction of sp³-hybridized carbons (Fsp3) is 0.284. The molecule has 2 aliphatic rings. The van der Waals surface area contributed by atoms with Crippen LogP contribution in [0.5, 0.6) is 40.2 Å². The second kappa shape index (κ2) is 47.5. The van der Waals surface area contributed by atoms with Crippen LogP contribution in [-0.4, -0.2) is 96.6 Å². The van der Waals surface area contributed by atoms with Gasteiger partial charge in [-0.3, -0.25) is 34.1 Å². The zero-order valence-corrected chi connectivity index (χ0v) is 75.9. The van der Waals surface area contributed by atoms with E-state index in [0.717, 1.165) is 136 Å². The number of carboxylic acid groups (broad SMARTS) is 3. The van der Waals surface area contributed by atoms with E-state index >= 15 is 0 Å². The normalized spacial score (nSPS) is 12.6. The number of pyridine rings is 1. The molecule has 0 bridgehead atoms.